The number of amides is 1. The van der Waals surface area contributed by atoms with E-state index in [0.717, 1.165) is 5.56 Å². The van der Waals surface area contributed by atoms with Gasteiger partial charge in [0.15, 0.2) is 11.5 Å². The third kappa shape index (κ3) is 5.16. The number of aryl methyl sites for hydroxylation is 1. The van der Waals surface area contributed by atoms with E-state index in [4.69, 9.17) is 9.47 Å². The molecule has 2 rings (SSSR count). The second kappa shape index (κ2) is 9.15. The second-order valence-corrected chi connectivity index (χ2v) is 6.57. The average molecular weight is 375 g/mol. The number of carboxylic acids is 1. The molecule has 26 heavy (non-hydrogen) atoms. The lowest BCUT2D eigenvalue weighted by atomic mass is 10.1. The molecule has 2 aromatic carbocycles. The number of carbonyl (C=O) groups excluding carboxylic acids is 1. The fraction of sp³-hybridized carbons (Fsp3) is 0.263. The van der Waals surface area contributed by atoms with E-state index in [2.05, 4.69) is 11.4 Å². The first-order valence-corrected chi connectivity index (χ1v) is 9.02. The lowest BCUT2D eigenvalue weighted by molar-refractivity contribution is -0.113. The van der Waals surface area contributed by atoms with Crippen LogP contribution in [0.5, 0.6) is 11.5 Å². The molecule has 2 N–H and O–H groups in total. The number of nitrogens with one attached hydrogen (secondary N) is 1. The highest BCUT2D eigenvalue weighted by Crippen LogP contribution is 2.33. The maximum atomic E-state index is 12.2. The largest absolute Gasteiger partial charge is 0.493 e. The molecule has 2 aromatic rings. The molecule has 1 amide bonds. The molecular formula is C19H21NO5S. The number of hydrogen-bond donors (Lipinski definition) is 2. The van der Waals surface area contributed by atoms with E-state index in [1.54, 1.807) is 0 Å². The van der Waals surface area contributed by atoms with Gasteiger partial charge in [-0.3, -0.25) is 4.79 Å². The second-order valence-electron chi connectivity index (χ2n) is 5.59. The Labute approximate surface area is 156 Å². The van der Waals surface area contributed by atoms with Gasteiger partial charge in [0.1, 0.15) is 0 Å². The lowest BCUT2D eigenvalue weighted by Gasteiger charge is -2.13. The number of rotatable bonds is 8. The van der Waals surface area contributed by atoms with Crippen molar-refractivity contribution < 1.29 is 24.2 Å². The summed E-state index contributed by atoms with van der Waals surface area (Å²) in [5, 5.41) is 12.0. The van der Waals surface area contributed by atoms with Crippen LogP contribution in [0.3, 0.4) is 0 Å². The summed E-state index contributed by atoms with van der Waals surface area (Å²) in [6.45, 7) is 2.02. The van der Waals surface area contributed by atoms with Crippen molar-refractivity contribution in [3.8, 4) is 11.5 Å². The highest BCUT2D eigenvalue weighted by molar-refractivity contribution is 7.99. The van der Waals surface area contributed by atoms with Crippen molar-refractivity contribution in [2.24, 2.45) is 0 Å². The average Bonchev–Trinajstić information content (AvgIpc) is 2.61. The van der Waals surface area contributed by atoms with E-state index < -0.39 is 5.97 Å². The van der Waals surface area contributed by atoms with E-state index in [9.17, 15) is 14.7 Å². The molecule has 0 unspecified atom stereocenters. The number of methoxy groups -OCH3 is 2. The molecule has 0 aliphatic heterocycles. The van der Waals surface area contributed by atoms with Crippen molar-refractivity contribution in [3.63, 3.8) is 0 Å². The zero-order valence-electron chi connectivity index (χ0n) is 14.9. The van der Waals surface area contributed by atoms with Gasteiger partial charge in [0.2, 0.25) is 5.91 Å². The Hall–Kier alpha value is -2.67. The molecule has 7 heteroatoms. The number of carboxylic acid groups (broad SMARTS) is 1. The summed E-state index contributed by atoms with van der Waals surface area (Å²) in [6.07, 6.45) is 0. The first kappa shape index (κ1) is 19.7. The van der Waals surface area contributed by atoms with Crippen LogP contribution in [0.2, 0.25) is 0 Å². The van der Waals surface area contributed by atoms with Gasteiger partial charge in [-0.2, -0.15) is 0 Å². The van der Waals surface area contributed by atoms with Gasteiger partial charge < -0.3 is 19.9 Å². The predicted molar refractivity (Wildman–Crippen MR) is 102 cm³/mol. The van der Waals surface area contributed by atoms with Gasteiger partial charge >= 0.3 is 5.97 Å². The maximum absolute atomic E-state index is 12.2. The summed E-state index contributed by atoms with van der Waals surface area (Å²) < 4.78 is 10.3. The van der Waals surface area contributed by atoms with Gasteiger partial charge in [0.05, 0.1) is 31.2 Å². The van der Waals surface area contributed by atoms with Crippen LogP contribution < -0.4 is 14.8 Å². The number of aromatic carboxylic acids is 1. The molecule has 6 nitrogen and oxygen atoms in total. The standard InChI is InChI=1S/C19H21NO5S/c1-12-5-4-6-13(7-12)10-26-11-18(21)20-15-9-17(25-3)16(24-2)8-14(15)19(22)23/h4-9H,10-11H2,1-3H3,(H,20,21)(H,22,23). The van der Waals surface area contributed by atoms with Crippen LogP contribution in [0.25, 0.3) is 0 Å². The molecule has 0 saturated carbocycles. The minimum atomic E-state index is -1.16. The van der Waals surface area contributed by atoms with E-state index in [1.807, 2.05) is 25.1 Å². The summed E-state index contributed by atoms with van der Waals surface area (Å²) in [7, 11) is 2.87. The maximum Gasteiger partial charge on any atom is 0.337 e. The minimum Gasteiger partial charge on any atom is -0.493 e. The van der Waals surface area contributed by atoms with Crippen LogP contribution in [0.1, 0.15) is 21.5 Å². The Balaban J connectivity index is 2.04. The predicted octanol–water partition coefficient (Wildman–Crippen LogP) is 3.58. The van der Waals surface area contributed by atoms with Crippen molar-refractivity contribution in [1.29, 1.82) is 0 Å². The fourth-order valence-corrected chi connectivity index (χ4v) is 3.18. The summed E-state index contributed by atoms with van der Waals surface area (Å²) in [5.74, 6) is 0.108. The van der Waals surface area contributed by atoms with Crippen LogP contribution >= 0.6 is 11.8 Å². The Morgan fingerprint density at radius 2 is 1.81 bits per heavy atom. The number of ether oxygens (including phenoxy) is 2. The van der Waals surface area contributed by atoms with Crippen molar-refractivity contribution >= 4 is 29.3 Å². The van der Waals surface area contributed by atoms with E-state index in [0.29, 0.717) is 11.5 Å². The van der Waals surface area contributed by atoms with Gasteiger partial charge in [-0.15, -0.1) is 11.8 Å². The Morgan fingerprint density at radius 3 is 2.42 bits per heavy atom. The monoisotopic (exact) mass is 375 g/mol. The number of carbonyl (C=O) groups is 2. The van der Waals surface area contributed by atoms with Crippen LogP contribution in [0.4, 0.5) is 5.69 Å². The molecule has 0 heterocycles. The van der Waals surface area contributed by atoms with E-state index in [-0.39, 0.29) is 28.7 Å². The molecule has 0 bridgehead atoms. The van der Waals surface area contributed by atoms with Crippen LogP contribution in [0.15, 0.2) is 36.4 Å². The number of thioether (sulfide) groups is 1. The molecule has 0 atom stereocenters. The third-order valence-electron chi connectivity index (χ3n) is 3.61. The number of hydrogen-bond acceptors (Lipinski definition) is 5. The van der Waals surface area contributed by atoms with Gasteiger partial charge in [0, 0.05) is 17.9 Å². The zero-order valence-corrected chi connectivity index (χ0v) is 15.7. The molecule has 138 valence electrons. The normalized spacial score (nSPS) is 10.3. The van der Waals surface area contributed by atoms with Crippen molar-refractivity contribution in [3.05, 3.63) is 53.1 Å². The van der Waals surface area contributed by atoms with E-state index >= 15 is 0 Å². The smallest absolute Gasteiger partial charge is 0.337 e. The van der Waals surface area contributed by atoms with Gasteiger partial charge in [0.25, 0.3) is 0 Å². The highest BCUT2D eigenvalue weighted by Gasteiger charge is 2.18. The number of anilines is 1. The quantitative estimate of drug-likeness (QED) is 0.734. The first-order chi connectivity index (χ1) is 12.4. The molecule has 0 saturated heterocycles. The Kier molecular flexibility index (Phi) is 6.91. The SMILES string of the molecule is COc1cc(NC(=O)CSCc2cccc(C)c2)c(C(=O)O)cc1OC. The summed E-state index contributed by atoms with van der Waals surface area (Å²) >= 11 is 1.46. The summed E-state index contributed by atoms with van der Waals surface area (Å²) in [5.41, 5.74) is 2.43. The molecule has 0 aliphatic rings. The Bertz CT molecular complexity index is 807. The molecular weight excluding hydrogens is 354 g/mol. The van der Waals surface area contributed by atoms with Crippen molar-refractivity contribution in [1.82, 2.24) is 0 Å². The highest BCUT2D eigenvalue weighted by atomic mass is 32.2. The van der Waals surface area contributed by atoms with Crippen LogP contribution in [-0.2, 0) is 10.5 Å². The number of benzene rings is 2. The molecule has 0 spiro atoms. The topological polar surface area (TPSA) is 84.9 Å². The lowest BCUT2D eigenvalue weighted by Crippen LogP contribution is -2.17. The molecule has 0 aromatic heterocycles. The fourth-order valence-electron chi connectivity index (χ4n) is 2.41. The molecule has 0 aliphatic carbocycles. The van der Waals surface area contributed by atoms with Crippen LogP contribution in [0, 0.1) is 6.92 Å². The third-order valence-corrected chi connectivity index (χ3v) is 4.62. The van der Waals surface area contributed by atoms with Gasteiger partial charge in [-0.1, -0.05) is 29.8 Å². The summed E-state index contributed by atoms with van der Waals surface area (Å²) in [6, 6.07) is 10.9. The Morgan fingerprint density at radius 1 is 1.12 bits per heavy atom. The minimum absolute atomic E-state index is 0.0558. The first-order valence-electron chi connectivity index (χ1n) is 7.87. The zero-order chi connectivity index (χ0) is 19.1. The molecule has 0 fully saturated rings. The van der Waals surface area contributed by atoms with Crippen molar-refractivity contribution in [2.75, 3.05) is 25.3 Å². The van der Waals surface area contributed by atoms with E-state index in [1.165, 1.54) is 43.7 Å². The van der Waals surface area contributed by atoms with Crippen LogP contribution in [-0.4, -0.2) is 37.0 Å². The van der Waals surface area contributed by atoms with Gasteiger partial charge in [-0.05, 0) is 12.5 Å². The summed E-state index contributed by atoms with van der Waals surface area (Å²) in [4.78, 5) is 23.7. The molecule has 0 radical (unpaired) electrons. The van der Waals surface area contributed by atoms with Gasteiger partial charge in [-0.25, -0.2) is 4.79 Å². The van der Waals surface area contributed by atoms with Crippen molar-refractivity contribution in [2.45, 2.75) is 12.7 Å².